The van der Waals surface area contributed by atoms with Crippen LogP contribution in [0.25, 0.3) is 11.4 Å². The molecule has 0 atom stereocenters. The molecule has 1 aromatic carbocycles. The summed E-state index contributed by atoms with van der Waals surface area (Å²) in [5, 5.41) is 0. The van der Waals surface area contributed by atoms with Gasteiger partial charge in [0.1, 0.15) is 11.6 Å². The third-order valence-corrected chi connectivity index (χ3v) is 4.22. The highest BCUT2D eigenvalue weighted by molar-refractivity contribution is 5.89. The van der Waals surface area contributed by atoms with Gasteiger partial charge in [0.25, 0.3) is 0 Å². The summed E-state index contributed by atoms with van der Waals surface area (Å²) in [4.78, 5) is 24.1. The highest BCUT2D eigenvalue weighted by Gasteiger charge is 2.17. The lowest BCUT2D eigenvalue weighted by Gasteiger charge is -2.05. The largest absolute Gasteiger partial charge is 0.495 e. The first-order valence-corrected chi connectivity index (χ1v) is 8.85. The second kappa shape index (κ2) is 8.49. The van der Waals surface area contributed by atoms with Crippen molar-refractivity contribution in [2.24, 2.45) is 0 Å². The highest BCUT2D eigenvalue weighted by atomic mass is 16.5. The molecule has 140 valence electrons. The van der Waals surface area contributed by atoms with Crippen LogP contribution in [-0.4, -0.2) is 34.6 Å². The van der Waals surface area contributed by atoms with Gasteiger partial charge >= 0.3 is 5.97 Å². The number of benzene rings is 1. The smallest absolute Gasteiger partial charge is 0.358 e. The molecule has 0 spiro atoms. The summed E-state index contributed by atoms with van der Waals surface area (Å²) < 4.78 is 10.5. The first kappa shape index (κ1) is 18.6. The van der Waals surface area contributed by atoms with Gasteiger partial charge in [-0.1, -0.05) is 23.8 Å². The van der Waals surface area contributed by atoms with E-state index in [1.54, 1.807) is 19.5 Å². The molecule has 0 aliphatic rings. The molecule has 3 aromatic rings. The van der Waals surface area contributed by atoms with Gasteiger partial charge in [-0.15, -0.1) is 0 Å². The third kappa shape index (κ3) is 4.73. The maximum absolute atomic E-state index is 12.4. The van der Waals surface area contributed by atoms with Crippen LogP contribution in [0.2, 0.25) is 0 Å². The van der Waals surface area contributed by atoms with E-state index < -0.39 is 5.97 Å². The summed E-state index contributed by atoms with van der Waals surface area (Å²) in [5.74, 6) is 0.984. The van der Waals surface area contributed by atoms with E-state index in [0.717, 1.165) is 28.9 Å². The number of esters is 1. The van der Waals surface area contributed by atoms with Crippen molar-refractivity contribution in [3.8, 4) is 17.1 Å². The maximum Gasteiger partial charge on any atom is 0.358 e. The number of methoxy groups -OCH3 is 1. The molecular weight excluding hydrogens is 342 g/mol. The van der Waals surface area contributed by atoms with E-state index >= 15 is 0 Å². The van der Waals surface area contributed by atoms with Gasteiger partial charge in [-0.3, -0.25) is 4.98 Å². The quantitative estimate of drug-likeness (QED) is 0.508. The van der Waals surface area contributed by atoms with Gasteiger partial charge in [-0.2, -0.15) is 0 Å². The Morgan fingerprint density at radius 2 is 2.04 bits per heavy atom. The van der Waals surface area contributed by atoms with Crippen LogP contribution in [0, 0.1) is 13.8 Å². The Kier molecular flexibility index (Phi) is 5.86. The summed E-state index contributed by atoms with van der Waals surface area (Å²) in [6, 6.07) is 9.90. The maximum atomic E-state index is 12.4. The molecule has 0 radical (unpaired) electrons. The fourth-order valence-electron chi connectivity index (χ4n) is 2.81. The van der Waals surface area contributed by atoms with Crippen LogP contribution in [0.15, 0.2) is 42.7 Å². The number of H-pyrrole nitrogens is 1. The number of imidazole rings is 1. The molecule has 0 saturated heterocycles. The number of hydrogen-bond acceptors (Lipinski definition) is 5. The van der Waals surface area contributed by atoms with Crippen molar-refractivity contribution in [1.29, 1.82) is 0 Å². The van der Waals surface area contributed by atoms with Gasteiger partial charge in [0.15, 0.2) is 5.69 Å². The Morgan fingerprint density at radius 3 is 2.81 bits per heavy atom. The van der Waals surface area contributed by atoms with Crippen LogP contribution >= 0.6 is 0 Å². The number of rotatable bonds is 7. The summed E-state index contributed by atoms with van der Waals surface area (Å²) in [7, 11) is 1.61. The Balaban J connectivity index is 1.56. The van der Waals surface area contributed by atoms with Gasteiger partial charge in [-0.05, 0) is 44.4 Å². The summed E-state index contributed by atoms with van der Waals surface area (Å²) in [6.45, 7) is 4.17. The Hall–Kier alpha value is -3.15. The van der Waals surface area contributed by atoms with Crippen molar-refractivity contribution in [3.63, 3.8) is 0 Å². The molecule has 2 heterocycles. The topological polar surface area (TPSA) is 77.1 Å². The molecule has 0 bridgehead atoms. The van der Waals surface area contributed by atoms with Crippen LogP contribution in [0.4, 0.5) is 0 Å². The van der Waals surface area contributed by atoms with E-state index in [4.69, 9.17) is 9.47 Å². The molecule has 0 aliphatic heterocycles. The molecule has 6 heteroatoms. The molecule has 27 heavy (non-hydrogen) atoms. The van der Waals surface area contributed by atoms with Crippen LogP contribution in [-0.2, 0) is 11.2 Å². The molecule has 3 rings (SSSR count). The minimum atomic E-state index is -0.411. The van der Waals surface area contributed by atoms with Crippen molar-refractivity contribution >= 4 is 5.97 Å². The molecule has 0 unspecified atom stereocenters. The third-order valence-electron chi connectivity index (χ3n) is 4.22. The zero-order valence-corrected chi connectivity index (χ0v) is 15.8. The Bertz CT molecular complexity index is 934. The number of ether oxygens (including phenoxy) is 2. The molecule has 0 aliphatic carbocycles. The molecule has 0 fully saturated rings. The molecule has 0 saturated carbocycles. The number of carbonyl (C=O) groups is 1. The monoisotopic (exact) mass is 365 g/mol. The number of pyridine rings is 1. The second-order valence-corrected chi connectivity index (χ2v) is 6.40. The van der Waals surface area contributed by atoms with E-state index in [1.165, 1.54) is 0 Å². The van der Waals surface area contributed by atoms with E-state index in [0.29, 0.717) is 30.2 Å². The standard InChI is InChI=1S/C21H23N3O3/c1-14-6-4-8-17(10-14)20-23-15(2)19(24-20)21(25)27-9-5-7-16-11-18(26-3)13-22-12-16/h4,6,8,10-13H,5,7,9H2,1-3H3,(H,23,24). The fraction of sp³-hybridized carbons (Fsp3) is 0.286. The summed E-state index contributed by atoms with van der Waals surface area (Å²) in [6.07, 6.45) is 4.91. The van der Waals surface area contributed by atoms with Gasteiger partial charge in [0.2, 0.25) is 0 Å². The van der Waals surface area contributed by atoms with E-state index in [9.17, 15) is 4.79 Å². The first-order chi connectivity index (χ1) is 13.1. The SMILES string of the molecule is COc1cncc(CCCOC(=O)c2nc(-c3cccc(C)c3)[nH]c2C)c1. The normalized spacial score (nSPS) is 10.6. The van der Waals surface area contributed by atoms with Gasteiger partial charge in [0, 0.05) is 17.5 Å². The number of carbonyl (C=O) groups excluding carboxylic acids is 1. The predicted octanol–water partition coefficient (Wildman–Crippen LogP) is 3.89. The molecule has 2 aromatic heterocycles. The lowest BCUT2D eigenvalue weighted by atomic mass is 10.1. The minimum absolute atomic E-state index is 0.322. The van der Waals surface area contributed by atoms with Crippen LogP contribution in [0.5, 0.6) is 5.75 Å². The zero-order chi connectivity index (χ0) is 19.2. The second-order valence-electron chi connectivity index (χ2n) is 6.40. The lowest BCUT2D eigenvalue weighted by Crippen LogP contribution is -2.09. The summed E-state index contributed by atoms with van der Waals surface area (Å²) >= 11 is 0. The van der Waals surface area contributed by atoms with Gasteiger partial charge in [0.05, 0.1) is 19.9 Å². The van der Waals surface area contributed by atoms with Crippen LogP contribution in [0.1, 0.15) is 33.7 Å². The highest BCUT2D eigenvalue weighted by Crippen LogP contribution is 2.20. The lowest BCUT2D eigenvalue weighted by molar-refractivity contribution is 0.0493. The van der Waals surface area contributed by atoms with E-state index in [-0.39, 0.29) is 0 Å². The zero-order valence-electron chi connectivity index (χ0n) is 15.8. The Morgan fingerprint density at radius 1 is 1.19 bits per heavy atom. The van der Waals surface area contributed by atoms with Crippen molar-refractivity contribution in [2.75, 3.05) is 13.7 Å². The number of aromatic nitrogens is 3. The fourth-order valence-corrected chi connectivity index (χ4v) is 2.81. The number of aryl methyl sites for hydroxylation is 3. The number of aromatic amines is 1. The Labute approximate surface area is 158 Å². The average molecular weight is 365 g/mol. The molecule has 6 nitrogen and oxygen atoms in total. The van der Waals surface area contributed by atoms with Crippen LogP contribution < -0.4 is 4.74 Å². The van der Waals surface area contributed by atoms with Crippen molar-refractivity contribution in [3.05, 3.63) is 65.2 Å². The van der Waals surface area contributed by atoms with E-state index in [1.807, 2.05) is 44.2 Å². The van der Waals surface area contributed by atoms with Gasteiger partial charge in [-0.25, -0.2) is 9.78 Å². The number of nitrogens with one attached hydrogen (secondary N) is 1. The summed E-state index contributed by atoms with van der Waals surface area (Å²) in [5.41, 5.74) is 4.16. The van der Waals surface area contributed by atoms with Crippen LogP contribution in [0.3, 0.4) is 0 Å². The molecule has 0 amide bonds. The van der Waals surface area contributed by atoms with Crippen molar-refractivity contribution in [1.82, 2.24) is 15.0 Å². The molecule has 1 N–H and O–H groups in total. The minimum Gasteiger partial charge on any atom is -0.495 e. The predicted molar refractivity (Wildman–Crippen MR) is 103 cm³/mol. The van der Waals surface area contributed by atoms with Gasteiger partial charge < -0.3 is 14.5 Å². The molecular formula is C21H23N3O3. The van der Waals surface area contributed by atoms with E-state index in [2.05, 4.69) is 15.0 Å². The number of hydrogen-bond donors (Lipinski definition) is 1. The first-order valence-electron chi connectivity index (χ1n) is 8.85. The average Bonchev–Trinajstić information content (AvgIpc) is 3.07. The van der Waals surface area contributed by atoms with Crippen molar-refractivity contribution < 1.29 is 14.3 Å². The number of nitrogens with zero attached hydrogens (tertiary/aromatic N) is 2. The van der Waals surface area contributed by atoms with Crippen molar-refractivity contribution in [2.45, 2.75) is 26.7 Å².